The second-order valence-corrected chi connectivity index (χ2v) is 7.63. The summed E-state index contributed by atoms with van der Waals surface area (Å²) in [7, 11) is 0. The molecule has 0 saturated heterocycles. The van der Waals surface area contributed by atoms with Gasteiger partial charge < -0.3 is 4.42 Å². The molecule has 1 unspecified atom stereocenters. The molecule has 7 heteroatoms. The third-order valence-electron chi connectivity index (χ3n) is 4.70. The lowest BCUT2D eigenvalue weighted by Gasteiger charge is -2.13. The molecule has 0 fully saturated rings. The molecule has 0 amide bonds. The van der Waals surface area contributed by atoms with Gasteiger partial charge in [-0.05, 0) is 29.8 Å². The van der Waals surface area contributed by atoms with Crippen molar-refractivity contribution in [2.24, 2.45) is 0 Å². The zero-order valence-corrected chi connectivity index (χ0v) is 16.1. The Bertz CT molecular complexity index is 1310. The molecule has 3 heterocycles. The van der Waals surface area contributed by atoms with Crippen LogP contribution in [-0.2, 0) is 6.42 Å². The van der Waals surface area contributed by atoms with E-state index in [1.165, 1.54) is 11.5 Å². The summed E-state index contributed by atoms with van der Waals surface area (Å²) >= 11 is 1.42. The molecule has 0 aliphatic carbocycles. The lowest BCUT2D eigenvalue weighted by atomic mass is 10.1. The third-order valence-corrected chi connectivity index (χ3v) is 5.87. The molecule has 0 aliphatic rings. The van der Waals surface area contributed by atoms with Gasteiger partial charge in [0.05, 0.1) is 15.6 Å². The minimum Gasteiger partial charge on any atom is -0.418 e. The van der Waals surface area contributed by atoms with Gasteiger partial charge in [0.2, 0.25) is 11.8 Å². The summed E-state index contributed by atoms with van der Waals surface area (Å²) in [6.45, 7) is 0. The molecular weight excluding hydrogens is 384 g/mol. The molecule has 0 N–H and O–H groups in total. The largest absolute Gasteiger partial charge is 0.418 e. The second kappa shape index (κ2) is 7.44. The Morgan fingerprint density at radius 3 is 2.59 bits per heavy atom. The fourth-order valence-electron chi connectivity index (χ4n) is 3.28. The van der Waals surface area contributed by atoms with Gasteiger partial charge in [-0.25, -0.2) is 0 Å². The molecule has 5 rings (SSSR count). The molecule has 142 valence electrons. The van der Waals surface area contributed by atoms with E-state index in [0.717, 1.165) is 15.8 Å². The first-order valence-corrected chi connectivity index (χ1v) is 9.95. The highest BCUT2D eigenvalue weighted by Gasteiger charge is 2.25. The van der Waals surface area contributed by atoms with E-state index >= 15 is 0 Å². The molecular formula is C22H16N4O2S. The summed E-state index contributed by atoms with van der Waals surface area (Å²) in [4.78, 5) is 17.2. The second-order valence-electron chi connectivity index (χ2n) is 6.61. The highest BCUT2D eigenvalue weighted by atomic mass is 32.1. The fraction of sp³-hybridized carbons (Fsp3) is 0.0909. The monoisotopic (exact) mass is 400 g/mol. The van der Waals surface area contributed by atoms with Gasteiger partial charge in [0.15, 0.2) is 0 Å². The van der Waals surface area contributed by atoms with Crippen LogP contribution in [-0.4, -0.2) is 19.1 Å². The van der Waals surface area contributed by atoms with Gasteiger partial charge in [0, 0.05) is 18.8 Å². The summed E-state index contributed by atoms with van der Waals surface area (Å²) in [6.07, 6.45) is 3.94. The zero-order chi connectivity index (χ0) is 19.6. The topological polar surface area (TPSA) is 73.8 Å². The van der Waals surface area contributed by atoms with Crippen molar-refractivity contribution in [2.45, 2.75) is 12.5 Å². The van der Waals surface area contributed by atoms with E-state index in [1.807, 2.05) is 66.7 Å². The van der Waals surface area contributed by atoms with Gasteiger partial charge in [-0.1, -0.05) is 54.0 Å². The summed E-state index contributed by atoms with van der Waals surface area (Å²) in [5, 5.41) is 9.17. The zero-order valence-electron chi connectivity index (χ0n) is 15.3. The van der Waals surface area contributed by atoms with Crippen molar-refractivity contribution in [2.75, 3.05) is 0 Å². The molecule has 1 atom stereocenters. The third kappa shape index (κ3) is 3.36. The Morgan fingerprint density at radius 2 is 1.79 bits per heavy atom. The van der Waals surface area contributed by atoms with E-state index in [4.69, 9.17) is 4.42 Å². The molecule has 0 radical (unpaired) electrons. The standard InChI is InChI=1S/C22H16N4O2S/c27-22-17-10-4-5-11-19(17)29-26(22)18(13-15-7-2-1-3-8-15)21-25-24-20(28-21)16-9-6-12-23-14-16/h1-12,14,18H,13H2. The van der Waals surface area contributed by atoms with E-state index in [0.29, 0.717) is 23.6 Å². The van der Waals surface area contributed by atoms with Gasteiger partial charge in [-0.2, -0.15) is 0 Å². The first-order valence-electron chi connectivity index (χ1n) is 9.18. The molecule has 0 bridgehead atoms. The van der Waals surface area contributed by atoms with Crippen LogP contribution < -0.4 is 5.56 Å². The van der Waals surface area contributed by atoms with Gasteiger partial charge in [-0.15, -0.1) is 10.2 Å². The average Bonchev–Trinajstić information content (AvgIpc) is 3.39. The number of benzene rings is 2. The molecule has 3 aromatic heterocycles. The number of hydrogen-bond acceptors (Lipinski definition) is 6. The molecule has 6 nitrogen and oxygen atoms in total. The van der Waals surface area contributed by atoms with Crippen LogP contribution in [0.5, 0.6) is 0 Å². The van der Waals surface area contributed by atoms with Crippen LogP contribution >= 0.6 is 11.5 Å². The molecule has 0 saturated carbocycles. The predicted molar refractivity (Wildman–Crippen MR) is 112 cm³/mol. The average molecular weight is 400 g/mol. The van der Waals surface area contributed by atoms with Crippen molar-refractivity contribution in [1.82, 2.24) is 19.1 Å². The van der Waals surface area contributed by atoms with Gasteiger partial charge in [0.1, 0.15) is 6.04 Å². The Kier molecular flexibility index (Phi) is 4.50. The van der Waals surface area contributed by atoms with Gasteiger partial charge in [0.25, 0.3) is 5.56 Å². The fourth-order valence-corrected chi connectivity index (χ4v) is 4.36. The lowest BCUT2D eigenvalue weighted by molar-refractivity contribution is 0.427. The maximum atomic E-state index is 13.1. The number of nitrogens with zero attached hydrogens (tertiary/aromatic N) is 4. The van der Waals surface area contributed by atoms with Crippen LogP contribution in [0, 0.1) is 0 Å². The van der Waals surface area contributed by atoms with Crippen molar-refractivity contribution in [1.29, 1.82) is 0 Å². The summed E-state index contributed by atoms with van der Waals surface area (Å²) in [5.74, 6) is 0.793. The SMILES string of the molecule is O=c1c2ccccc2sn1C(Cc1ccccc1)c1nnc(-c2cccnc2)o1. The van der Waals surface area contributed by atoms with E-state index in [2.05, 4.69) is 15.2 Å². The number of fused-ring (bicyclic) bond motifs is 1. The van der Waals surface area contributed by atoms with Gasteiger partial charge in [-0.3, -0.25) is 13.7 Å². The number of hydrogen-bond donors (Lipinski definition) is 0. The molecule has 29 heavy (non-hydrogen) atoms. The quantitative estimate of drug-likeness (QED) is 0.439. The van der Waals surface area contributed by atoms with Crippen molar-refractivity contribution in [3.63, 3.8) is 0 Å². The number of rotatable bonds is 5. The van der Waals surface area contributed by atoms with E-state index in [9.17, 15) is 4.79 Å². The van der Waals surface area contributed by atoms with Crippen molar-refractivity contribution >= 4 is 21.6 Å². The lowest BCUT2D eigenvalue weighted by Crippen LogP contribution is -2.22. The van der Waals surface area contributed by atoms with Crippen molar-refractivity contribution < 1.29 is 4.42 Å². The van der Waals surface area contributed by atoms with Crippen LogP contribution in [0.2, 0.25) is 0 Å². The van der Waals surface area contributed by atoms with E-state index < -0.39 is 0 Å². The maximum absolute atomic E-state index is 13.1. The smallest absolute Gasteiger partial charge is 0.269 e. The first-order chi connectivity index (χ1) is 14.3. The minimum atomic E-state index is -0.389. The van der Waals surface area contributed by atoms with Crippen LogP contribution in [0.25, 0.3) is 21.5 Å². The molecule has 5 aromatic rings. The molecule has 2 aromatic carbocycles. The Morgan fingerprint density at radius 1 is 0.966 bits per heavy atom. The highest BCUT2D eigenvalue weighted by molar-refractivity contribution is 7.13. The highest BCUT2D eigenvalue weighted by Crippen LogP contribution is 2.28. The van der Waals surface area contributed by atoms with Crippen LogP contribution in [0.4, 0.5) is 0 Å². The summed E-state index contributed by atoms with van der Waals surface area (Å²) in [5.41, 5.74) is 1.78. The van der Waals surface area contributed by atoms with Crippen molar-refractivity contribution in [3.05, 3.63) is 101 Å². The van der Waals surface area contributed by atoms with Crippen LogP contribution in [0.15, 0.2) is 88.3 Å². The molecule has 0 aliphatic heterocycles. The minimum absolute atomic E-state index is 0.0485. The predicted octanol–water partition coefficient (Wildman–Crippen LogP) is 4.34. The van der Waals surface area contributed by atoms with Gasteiger partial charge >= 0.3 is 0 Å². The first kappa shape index (κ1) is 17.5. The Balaban J connectivity index is 1.62. The van der Waals surface area contributed by atoms with Crippen LogP contribution in [0.3, 0.4) is 0 Å². The van der Waals surface area contributed by atoms with Crippen LogP contribution in [0.1, 0.15) is 17.5 Å². The summed E-state index contributed by atoms with van der Waals surface area (Å²) in [6, 6.07) is 20.9. The van der Waals surface area contributed by atoms with E-state index in [1.54, 1.807) is 16.4 Å². The Hall–Kier alpha value is -3.58. The van der Waals surface area contributed by atoms with Crippen molar-refractivity contribution in [3.8, 4) is 11.5 Å². The number of pyridine rings is 1. The molecule has 0 spiro atoms. The normalized spacial score (nSPS) is 12.3. The maximum Gasteiger partial charge on any atom is 0.269 e. The number of aromatic nitrogens is 4. The Labute approximate surface area is 170 Å². The summed E-state index contributed by atoms with van der Waals surface area (Å²) < 4.78 is 8.66. The van der Waals surface area contributed by atoms with E-state index in [-0.39, 0.29) is 11.6 Å².